The summed E-state index contributed by atoms with van der Waals surface area (Å²) in [5.41, 5.74) is 9.83. The molecule has 1 aromatic heterocycles. The Labute approximate surface area is 99.8 Å². The van der Waals surface area contributed by atoms with Crippen molar-refractivity contribution in [1.82, 2.24) is 9.78 Å². The number of aromatic nitrogens is 2. The normalized spacial score (nSPS) is 10.8. The van der Waals surface area contributed by atoms with Crippen molar-refractivity contribution < 1.29 is 0 Å². The lowest BCUT2D eigenvalue weighted by molar-refractivity contribution is 0.756. The lowest BCUT2D eigenvalue weighted by atomic mass is 10.0. The molecule has 0 aliphatic heterocycles. The van der Waals surface area contributed by atoms with Gasteiger partial charge in [-0.05, 0) is 30.2 Å². The van der Waals surface area contributed by atoms with Gasteiger partial charge in [0.2, 0.25) is 0 Å². The molecule has 0 radical (unpaired) electrons. The van der Waals surface area contributed by atoms with Crippen LogP contribution in [0.1, 0.15) is 11.3 Å². The SMILES string of the molecule is Cc1nn(C)cc1-c1ccc(Cl)c(CN)c1. The summed E-state index contributed by atoms with van der Waals surface area (Å²) >= 11 is 6.03. The highest BCUT2D eigenvalue weighted by Gasteiger charge is 2.07. The van der Waals surface area contributed by atoms with E-state index < -0.39 is 0 Å². The summed E-state index contributed by atoms with van der Waals surface area (Å²) in [4.78, 5) is 0. The highest BCUT2D eigenvalue weighted by atomic mass is 35.5. The van der Waals surface area contributed by atoms with Gasteiger partial charge < -0.3 is 5.73 Å². The van der Waals surface area contributed by atoms with Gasteiger partial charge in [-0.1, -0.05) is 17.7 Å². The molecule has 0 fully saturated rings. The first-order valence-corrected chi connectivity index (χ1v) is 5.48. The van der Waals surface area contributed by atoms with E-state index in [0.717, 1.165) is 22.4 Å². The molecule has 0 amide bonds. The number of aryl methyl sites for hydroxylation is 2. The van der Waals surface area contributed by atoms with Crippen LogP contribution in [0.2, 0.25) is 5.02 Å². The van der Waals surface area contributed by atoms with Crippen LogP contribution >= 0.6 is 11.6 Å². The van der Waals surface area contributed by atoms with Crippen molar-refractivity contribution in [3.05, 3.63) is 40.7 Å². The monoisotopic (exact) mass is 235 g/mol. The Balaban J connectivity index is 2.52. The number of rotatable bonds is 2. The molecular weight excluding hydrogens is 222 g/mol. The molecule has 0 unspecified atom stereocenters. The van der Waals surface area contributed by atoms with E-state index in [1.807, 2.05) is 38.4 Å². The van der Waals surface area contributed by atoms with Crippen LogP contribution in [0.3, 0.4) is 0 Å². The molecule has 3 nitrogen and oxygen atoms in total. The fourth-order valence-corrected chi connectivity index (χ4v) is 1.98. The number of halogens is 1. The van der Waals surface area contributed by atoms with Gasteiger partial charge in [-0.3, -0.25) is 4.68 Å². The van der Waals surface area contributed by atoms with E-state index in [9.17, 15) is 0 Å². The van der Waals surface area contributed by atoms with Crippen molar-refractivity contribution >= 4 is 11.6 Å². The fourth-order valence-electron chi connectivity index (χ4n) is 1.78. The Kier molecular flexibility index (Phi) is 2.99. The third-order valence-electron chi connectivity index (χ3n) is 2.59. The zero-order valence-corrected chi connectivity index (χ0v) is 10.1. The second-order valence-electron chi connectivity index (χ2n) is 3.81. The van der Waals surface area contributed by atoms with Crippen LogP contribution in [-0.2, 0) is 13.6 Å². The predicted octanol–water partition coefficient (Wildman–Crippen LogP) is 2.51. The first-order chi connectivity index (χ1) is 7.61. The fraction of sp³-hybridized carbons (Fsp3) is 0.250. The average molecular weight is 236 g/mol. The van der Waals surface area contributed by atoms with Gasteiger partial charge in [0.05, 0.1) is 5.69 Å². The number of nitrogens with zero attached hydrogens (tertiary/aromatic N) is 2. The maximum atomic E-state index is 6.03. The van der Waals surface area contributed by atoms with Crippen LogP contribution in [0.25, 0.3) is 11.1 Å². The molecule has 0 saturated heterocycles. The Morgan fingerprint density at radius 2 is 2.19 bits per heavy atom. The van der Waals surface area contributed by atoms with Crippen LogP contribution in [0.4, 0.5) is 0 Å². The van der Waals surface area contributed by atoms with Crippen molar-refractivity contribution in [2.75, 3.05) is 0 Å². The second-order valence-corrected chi connectivity index (χ2v) is 4.22. The topological polar surface area (TPSA) is 43.8 Å². The summed E-state index contributed by atoms with van der Waals surface area (Å²) in [6.45, 7) is 2.44. The molecule has 1 heterocycles. The summed E-state index contributed by atoms with van der Waals surface area (Å²) < 4.78 is 1.81. The van der Waals surface area contributed by atoms with Crippen LogP contribution in [-0.4, -0.2) is 9.78 Å². The summed E-state index contributed by atoms with van der Waals surface area (Å²) in [6, 6.07) is 5.89. The summed E-state index contributed by atoms with van der Waals surface area (Å²) in [5.74, 6) is 0. The van der Waals surface area contributed by atoms with E-state index in [-0.39, 0.29) is 0 Å². The van der Waals surface area contributed by atoms with E-state index in [2.05, 4.69) is 5.10 Å². The Bertz CT molecular complexity index is 517. The van der Waals surface area contributed by atoms with E-state index in [0.29, 0.717) is 11.6 Å². The number of hydrogen-bond acceptors (Lipinski definition) is 2. The molecule has 2 rings (SSSR count). The minimum Gasteiger partial charge on any atom is -0.326 e. The zero-order valence-electron chi connectivity index (χ0n) is 9.37. The molecule has 0 spiro atoms. The largest absolute Gasteiger partial charge is 0.326 e. The van der Waals surface area contributed by atoms with Gasteiger partial charge in [0, 0.05) is 30.4 Å². The molecule has 84 valence electrons. The minimum absolute atomic E-state index is 0.450. The van der Waals surface area contributed by atoms with Crippen molar-refractivity contribution in [3.63, 3.8) is 0 Å². The van der Waals surface area contributed by atoms with Crippen LogP contribution in [0, 0.1) is 6.92 Å². The van der Waals surface area contributed by atoms with E-state index in [4.69, 9.17) is 17.3 Å². The minimum atomic E-state index is 0.450. The van der Waals surface area contributed by atoms with Crippen LogP contribution in [0.5, 0.6) is 0 Å². The number of hydrogen-bond donors (Lipinski definition) is 1. The van der Waals surface area contributed by atoms with Gasteiger partial charge in [-0.15, -0.1) is 0 Å². The third kappa shape index (κ3) is 1.96. The van der Waals surface area contributed by atoms with Gasteiger partial charge in [-0.2, -0.15) is 5.10 Å². The Morgan fingerprint density at radius 3 is 2.75 bits per heavy atom. The highest BCUT2D eigenvalue weighted by molar-refractivity contribution is 6.31. The van der Waals surface area contributed by atoms with Gasteiger partial charge in [-0.25, -0.2) is 0 Å². The van der Waals surface area contributed by atoms with Crippen LogP contribution in [0.15, 0.2) is 24.4 Å². The lowest BCUT2D eigenvalue weighted by Crippen LogP contribution is -1.97. The molecular formula is C12H14ClN3. The maximum Gasteiger partial charge on any atom is 0.0671 e. The highest BCUT2D eigenvalue weighted by Crippen LogP contribution is 2.26. The van der Waals surface area contributed by atoms with Crippen molar-refractivity contribution in [2.24, 2.45) is 12.8 Å². The number of benzene rings is 1. The maximum absolute atomic E-state index is 6.03. The van der Waals surface area contributed by atoms with Gasteiger partial charge in [0.1, 0.15) is 0 Å². The third-order valence-corrected chi connectivity index (χ3v) is 2.96. The summed E-state index contributed by atoms with van der Waals surface area (Å²) in [7, 11) is 1.91. The van der Waals surface area contributed by atoms with Crippen molar-refractivity contribution in [2.45, 2.75) is 13.5 Å². The Morgan fingerprint density at radius 1 is 1.44 bits per heavy atom. The lowest BCUT2D eigenvalue weighted by Gasteiger charge is -2.04. The summed E-state index contributed by atoms with van der Waals surface area (Å²) in [6.07, 6.45) is 2.00. The van der Waals surface area contributed by atoms with Crippen molar-refractivity contribution in [1.29, 1.82) is 0 Å². The number of nitrogens with two attached hydrogens (primary N) is 1. The van der Waals surface area contributed by atoms with Gasteiger partial charge >= 0.3 is 0 Å². The molecule has 2 aromatic rings. The quantitative estimate of drug-likeness (QED) is 0.869. The second kappa shape index (κ2) is 4.28. The molecule has 0 saturated carbocycles. The molecule has 16 heavy (non-hydrogen) atoms. The molecule has 0 atom stereocenters. The van der Waals surface area contributed by atoms with Crippen LogP contribution < -0.4 is 5.73 Å². The van der Waals surface area contributed by atoms with E-state index in [1.165, 1.54) is 0 Å². The molecule has 2 N–H and O–H groups in total. The molecule has 1 aromatic carbocycles. The molecule has 0 aliphatic carbocycles. The van der Waals surface area contributed by atoms with Crippen molar-refractivity contribution in [3.8, 4) is 11.1 Å². The van der Waals surface area contributed by atoms with Gasteiger partial charge in [0.15, 0.2) is 0 Å². The predicted molar refractivity (Wildman–Crippen MR) is 66.3 cm³/mol. The smallest absolute Gasteiger partial charge is 0.0671 e. The first kappa shape index (κ1) is 11.2. The molecule has 4 heteroatoms. The standard InChI is InChI=1S/C12H14ClN3/c1-8-11(7-16(2)15-8)9-3-4-12(13)10(5-9)6-14/h3-5,7H,6,14H2,1-2H3. The van der Waals surface area contributed by atoms with E-state index >= 15 is 0 Å². The first-order valence-electron chi connectivity index (χ1n) is 5.11. The zero-order chi connectivity index (χ0) is 11.7. The van der Waals surface area contributed by atoms with Gasteiger partial charge in [0.25, 0.3) is 0 Å². The summed E-state index contributed by atoms with van der Waals surface area (Å²) in [5, 5.41) is 5.03. The molecule has 0 aliphatic rings. The Hall–Kier alpha value is -1.32. The average Bonchev–Trinajstić information content (AvgIpc) is 2.59. The van der Waals surface area contributed by atoms with E-state index in [1.54, 1.807) is 4.68 Å². The molecule has 0 bridgehead atoms.